The zero-order valence-corrected chi connectivity index (χ0v) is 16.8. The highest BCUT2D eigenvalue weighted by atomic mass is 16.5. The number of hydrogen-bond donors (Lipinski definition) is 0. The van der Waals surface area contributed by atoms with Crippen molar-refractivity contribution in [3.63, 3.8) is 0 Å². The molecule has 0 fully saturated rings. The number of aromatic nitrogens is 3. The first-order chi connectivity index (χ1) is 14.7. The predicted molar refractivity (Wildman–Crippen MR) is 115 cm³/mol. The highest BCUT2D eigenvalue weighted by molar-refractivity contribution is 5.57. The summed E-state index contributed by atoms with van der Waals surface area (Å²) in [5.41, 5.74) is 5.44. The van der Waals surface area contributed by atoms with Crippen LogP contribution in [-0.4, -0.2) is 32.8 Å². The quantitative estimate of drug-likeness (QED) is 0.673. The molecule has 0 unspecified atom stereocenters. The van der Waals surface area contributed by atoms with E-state index in [1.807, 2.05) is 18.2 Å². The Labute approximate surface area is 174 Å². The maximum Gasteiger partial charge on any atom is 0.266 e. The molecule has 0 saturated heterocycles. The maximum absolute atomic E-state index is 11.5. The molecule has 150 valence electrons. The van der Waals surface area contributed by atoms with Crippen LogP contribution in [0.2, 0.25) is 0 Å². The number of rotatable bonds is 4. The van der Waals surface area contributed by atoms with Crippen LogP contribution in [-0.2, 0) is 19.9 Å². The van der Waals surface area contributed by atoms with Gasteiger partial charge in [0.05, 0.1) is 5.69 Å². The summed E-state index contributed by atoms with van der Waals surface area (Å²) in [6.45, 7) is 2.07. The van der Waals surface area contributed by atoms with Crippen LogP contribution in [0.1, 0.15) is 11.1 Å². The monoisotopic (exact) mass is 398 g/mol. The van der Waals surface area contributed by atoms with Crippen LogP contribution in [0.5, 0.6) is 11.6 Å². The minimum atomic E-state index is -0.140. The Hall–Kier alpha value is -3.67. The second-order valence-corrected chi connectivity index (χ2v) is 7.54. The van der Waals surface area contributed by atoms with Crippen LogP contribution in [0.25, 0.3) is 11.3 Å². The fourth-order valence-corrected chi connectivity index (χ4v) is 3.79. The van der Waals surface area contributed by atoms with E-state index in [0.29, 0.717) is 11.6 Å². The first-order valence-corrected chi connectivity index (χ1v) is 10.1. The Bertz CT molecular complexity index is 1210. The normalized spacial score (nSPS) is 15.1. The zero-order valence-electron chi connectivity index (χ0n) is 16.8. The number of ether oxygens (including phenoxy) is 1. The number of hydrogen-bond acceptors (Lipinski definition) is 5. The van der Waals surface area contributed by atoms with E-state index in [-0.39, 0.29) is 5.56 Å². The smallest absolute Gasteiger partial charge is 0.266 e. The van der Waals surface area contributed by atoms with Crippen molar-refractivity contribution >= 4 is 0 Å². The topological polar surface area (TPSA) is 60.2 Å². The summed E-state index contributed by atoms with van der Waals surface area (Å²) in [5, 5.41) is 4.25. The molecule has 1 aliphatic carbocycles. The summed E-state index contributed by atoms with van der Waals surface area (Å²) in [5.74, 6) is 1.33. The molecule has 0 bridgehead atoms. The first kappa shape index (κ1) is 18.4. The highest BCUT2D eigenvalue weighted by Crippen LogP contribution is 2.27. The number of allylic oxidation sites excluding steroid dienone is 3. The Morgan fingerprint density at radius 3 is 2.53 bits per heavy atom. The Morgan fingerprint density at radius 2 is 1.83 bits per heavy atom. The fraction of sp³-hybridized carbons (Fsp3) is 0.208. The fourth-order valence-electron chi connectivity index (χ4n) is 3.79. The van der Waals surface area contributed by atoms with Gasteiger partial charge in [0.1, 0.15) is 5.75 Å². The molecule has 3 heterocycles. The van der Waals surface area contributed by atoms with Gasteiger partial charge < -0.3 is 9.64 Å². The van der Waals surface area contributed by atoms with Crippen LogP contribution in [0.4, 0.5) is 0 Å². The van der Waals surface area contributed by atoms with Crippen LogP contribution >= 0.6 is 0 Å². The molecule has 6 heteroatoms. The van der Waals surface area contributed by atoms with Crippen molar-refractivity contribution < 1.29 is 4.74 Å². The van der Waals surface area contributed by atoms with E-state index in [1.165, 1.54) is 27.6 Å². The molecule has 3 aromatic rings. The molecule has 0 N–H and O–H groups in total. The molecule has 0 atom stereocenters. The van der Waals surface area contributed by atoms with Crippen molar-refractivity contribution in [3.05, 3.63) is 94.1 Å². The number of aryl methyl sites for hydroxylation is 1. The molecular weight excluding hydrogens is 376 g/mol. The lowest BCUT2D eigenvalue weighted by Crippen LogP contribution is -2.26. The first-order valence-electron chi connectivity index (χ1n) is 10.1. The number of fused-ring (bicyclic) bond motifs is 1. The van der Waals surface area contributed by atoms with Crippen molar-refractivity contribution in [2.45, 2.75) is 12.8 Å². The van der Waals surface area contributed by atoms with E-state index in [0.717, 1.165) is 37.2 Å². The molecule has 5 rings (SSSR count). The van der Waals surface area contributed by atoms with Crippen molar-refractivity contribution in [1.29, 1.82) is 0 Å². The summed E-state index contributed by atoms with van der Waals surface area (Å²) in [4.78, 5) is 18.4. The lowest BCUT2D eigenvalue weighted by atomic mass is 10.0. The van der Waals surface area contributed by atoms with E-state index < -0.39 is 0 Å². The van der Waals surface area contributed by atoms with Gasteiger partial charge in [-0.1, -0.05) is 12.1 Å². The van der Waals surface area contributed by atoms with E-state index in [1.54, 1.807) is 19.3 Å². The van der Waals surface area contributed by atoms with Crippen LogP contribution in [0, 0.1) is 0 Å². The third-order valence-corrected chi connectivity index (χ3v) is 5.59. The van der Waals surface area contributed by atoms with Crippen molar-refractivity contribution in [3.8, 4) is 22.9 Å². The Morgan fingerprint density at radius 1 is 1.00 bits per heavy atom. The van der Waals surface area contributed by atoms with E-state index in [4.69, 9.17) is 4.74 Å². The van der Waals surface area contributed by atoms with Gasteiger partial charge in [0.2, 0.25) is 5.88 Å². The molecule has 6 nitrogen and oxygen atoms in total. The second-order valence-electron chi connectivity index (χ2n) is 7.54. The van der Waals surface area contributed by atoms with Gasteiger partial charge >= 0.3 is 0 Å². The summed E-state index contributed by atoms with van der Waals surface area (Å²) in [7, 11) is 1.63. The average Bonchev–Trinajstić information content (AvgIpc) is 2.92. The van der Waals surface area contributed by atoms with Gasteiger partial charge in [-0.3, -0.25) is 4.79 Å². The van der Waals surface area contributed by atoms with Gasteiger partial charge in [-0.25, -0.2) is 9.67 Å². The summed E-state index contributed by atoms with van der Waals surface area (Å²) >= 11 is 0. The summed E-state index contributed by atoms with van der Waals surface area (Å²) in [6, 6.07) is 13.2. The molecule has 2 aromatic heterocycles. The highest BCUT2D eigenvalue weighted by Gasteiger charge is 2.17. The van der Waals surface area contributed by atoms with Crippen molar-refractivity contribution in [1.82, 2.24) is 19.7 Å². The third kappa shape index (κ3) is 3.64. The van der Waals surface area contributed by atoms with Gasteiger partial charge in [-0.15, -0.1) is 0 Å². The van der Waals surface area contributed by atoms with Crippen LogP contribution in [0.3, 0.4) is 0 Å². The predicted octanol–water partition coefficient (Wildman–Crippen LogP) is 3.49. The zero-order chi connectivity index (χ0) is 20.5. The molecular formula is C24H22N4O2. The summed E-state index contributed by atoms with van der Waals surface area (Å²) in [6.07, 6.45) is 10.2. The lowest BCUT2D eigenvalue weighted by molar-refractivity contribution is 0.370. The molecule has 0 spiro atoms. The molecule has 2 aliphatic rings. The third-order valence-electron chi connectivity index (χ3n) is 5.59. The van der Waals surface area contributed by atoms with E-state index in [2.05, 4.69) is 45.3 Å². The van der Waals surface area contributed by atoms with Gasteiger partial charge in [0.15, 0.2) is 0 Å². The number of pyridine rings is 1. The van der Waals surface area contributed by atoms with Crippen molar-refractivity contribution in [2.75, 3.05) is 13.1 Å². The summed E-state index contributed by atoms with van der Waals surface area (Å²) < 4.78 is 7.32. The molecule has 1 aliphatic heterocycles. The molecule has 30 heavy (non-hydrogen) atoms. The molecule has 0 radical (unpaired) electrons. The molecule has 0 amide bonds. The molecule has 0 saturated carbocycles. The van der Waals surface area contributed by atoms with Gasteiger partial charge in [-0.05, 0) is 60.4 Å². The lowest BCUT2D eigenvalue weighted by Gasteiger charge is -2.26. The minimum Gasteiger partial charge on any atom is -0.439 e. The van der Waals surface area contributed by atoms with Gasteiger partial charge in [0, 0.05) is 49.7 Å². The van der Waals surface area contributed by atoms with Crippen LogP contribution < -0.4 is 10.3 Å². The van der Waals surface area contributed by atoms with Gasteiger partial charge in [0.25, 0.3) is 5.56 Å². The Balaban J connectivity index is 1.30. The maximum atomic E-state index is 11.5. The standard InChI is InChI=1S/C24H22N4O2/c1-27-24(29)10-8-22(26-27)19-6-9-23(25-16-19)30-21-7-5-17-11-13-28(20-3-2-4-20)14-12-18(17)15-21/h2-10,15-16H,11-14H2,1H3. The second kappa shape index (κ2) is 7.63. The Kier molecular flexibility index (Phi) is 4.67. The minimum absolute atomic E-state index is 0.140. The number of benzene rings is 1. The van der Waals surface area contributed by atoms with Crippen LogP contribution in [0.15, 0.2) is 77.4 Å². The largest absolute Gasteiger partial charge is 0.439 e. The average molecular weight is 398 g/mol. The van der Waals surface area contributed by atoms with E-state index in [9.17, 15) is 4.79 Å². The number of nitrogens with zero attached hydrogens (tertiary/aromatic N) is 4. The molecule has 1 aromatic carbocycles. The SMILES string of the molecule is Cn1nc(-c2ccc(Oc3ccc4c(c3)CCN(C3=CC=C3)CC4)nc2)ccc1=O. The van der Waals surface area contributed by atoms with Crippen molar-refractivity contribution in [2.24, 2.45) is 7.05 Å². The van der Waals surface area contributed by atoms with E-state index >= 15 is 0 Å². The van der Waals surface area contributed by atoms with Gasteiger partial charge in [-0.2, -0.15) is 5.10 Å².